The number of aliphatic hydroxyl groups is 1. The molecule has 4 aliphatic rings. The second kappa shape index (κ2) is 19.7. The summed E-state index contributed by atoms with van der Waals surface area (Å²) in [5.74, 6) is -2.56. The average molecular weight is 965 g/mol. The number of carboxylic acids is 2. The van der Waals surface area contributed by atoms with Crippen molar-refractivity contribution in [2.75, 3.05) is 52.4 Å². The first-order valence-corrected chi connectivity index (χ1v) is 19.5. The molecule has 0 bridgehead atoms. The van der Waals surface area contributed by atoms with Gasteiger partial charge >= 0.3 is 48.9 Å². The van der Waals surface area contributed by atoms with Crippen molar-refractivity contribution in [1.29, 1.82) is 0 Å². The van der Waals surface area contributed by atoms with Crippen LogP contribution in [0.15, 0.2) is 36.4 Å². The zero-order chi connectivity index (χ0) is 49.1. The number of carboxylic acid groups (broad SMARTS) is 2. The summed E-state index contributed by atoms with van der Waals surface area (Å²) in [6.45, 7) is 8.03. The lowest BCUT2D eigenvalue weighted by Crippen LogP contribution is -2.60. The molecule has 4 saturated heterocycles. The number of amides is 1. The predicted octanol–water partition coefficient (Wildman–Crippen LogP) is 8.28. The predicted molar refractivity (Wildman–Crippen MR) is 195 cm³/mol. The summed E-state index contributed by atoms with van der Waals surface area (Å²) in [5, 5.41) is 29.2. The molecule has 0 atom stereocenters. The minimum atomic E-state index is -5.81. The molecule has 2 aromatic carbocycles. The third-order valence-corrected chi connectivity index (χ3v) is 11.4. The Hall–Kier alpha value is -4.56. The number of aliphatic hydroxyl groups excluding tert-OH is 1. The SMILES string of the molecule is Cc1ccc(CN2CC3(CCNCC3)C2)cc1C(=O)O.O=C(O)c1cc(CN2CC3(CCN(C(=O)OC(C(F)(F)F)C(F)(F)F)CC3)C2)ccc1C(F)(F)F.OC(C(F)(F)F)C(F)(F)F. The first kappa shape index (κ1) is 53.1. The number of aryl methyl sites for hydroxylation is 1. The summed E-state index contributed by atoms with van der Waals surface area (Å²) in [4.78, 5) is 39.3. The molecule has 0 unspecified atom stereocenters. The zero-order valence-corrected chi connectivity index (χ0v) is 34.0. The van der Waals surface area contributed by atoms with Crippen LogP contribution in [0.4, 0.5) is 70.7 Å². The number of hydrogen-bond donors (Lipinski definition) is 4. The highest BCUT2D eigenvalue weighted by Gasteiger charge is 2.60. The lowest BCUT2D eigenvalue weighted by Gasteiger charge is -2.54. The van der Waals surface area contributed by atoms with E-state index in [1.165, 1.54) is 12.8 Å². The Bertz CT molecular complexity index is 1950. The van der Waals surface area contributed by atoms with Gasteiger partial charge in [0.15, 0.2) is 0 Å². The Balaban J connectivity index is 0.000000256. The minimum absolute atomic E-state index is 0.126. The first-order chi connectivity index (χ1) is 29.6. The van der Waals surface area contributed by atoms with Gasteiger partial charge in [-0.15, -0.1) is 0 Å². The van der Waals surface area contributed by atoms with Gasteiger partial charge in [0.25, 0.3) is 6.10 Å². The molecule has 0 aliphatic carbocycles. The molecule has 4 N–H and O–H groups in total. The van der Waals surface area contributed by atoms with Crippen LogP contribution in [-0.4, -0.2) is 137 Å². The maximum absolute atomic E-state index is 13.0. The highest BCUT2D eigenvalue weighted by Crippen LogP contribution is 2.43. The quantitative estimate of drug-likeness (QED) is 0.200. The van der Waals surface area contributed by atoms with Crippen molar-refractivity contribution in [3.05, 3.63) is 69.8 Å². The van der Waals surface area contributed by atoms with Crippen molar-refractivity contribution >= 4 is 18.0 Å². The maximum atomic E-state index is 13.0. The van der Waals surface area contributed by atoms with Crippen LogP contribution >= 0.6 is 0 Å². The molecule has 6 rings (SSSR count). The van der Waals surface area contributed by atoms with E-state index in [1.807, 2.05) is 24.0 Å². The molecule has 2 aromatic rings. The molecule has 0 saturated carbocycles. The molecule has 26 heteroatoms. The van der Waals surface area contributed by atoms with Gasteiger partial charge in [-0.1, -0.05) is 18.2 Å². The van der Waals surface area contributed by atoms with E-state index in [2.05, 4.69) is 21.0 Å². The van der Waals surface area contributed by atoms with E-state index in [-0.39, 0.29) is 37.9 Å². The lowest BCUT2D eigenvalue weighted by molar-refractivity contribution is -0.309. The van der Waals surface area contributed by atoms with Gasteiger partial charge in [-0.25, -0.2) is 14.4 Å². The van der Waals surface area contributed by atoms with Crippen molar-refractivity contribution in [1.82, 2.24) is 20.0 Å². The van der Waals surface area contributed by atoms with E-state index in [0.29, 0.717) is 35.7 Å². The summed E-state index contributed by atoms with van der Waals surface area (Å²) in [7, 11) is 0. The van der Waals surface area contributed by atoms with Gasteiger partial charge in [-0.2, -0.15) is 65.9 Å². The summed E-state index contributed by atoms with van der Waals surface area (Å²) >= 11 is 0. The molecule has 1 amide bonds. The van der Waals surface area contributed by atoms with Crippen molar-refractivity contribution in [2.45, 2.75) is 88.8 Å². The first-order valence-electron chi connectivity index (χ1n) is 19.5. The highest BCUT2D eigenvalue weighted by molar-refractivity contribution is 5.90. The Morgan fingerprint density at radius 1 is 0.646 bits per heavy atom. The van der Waals surface area contributed by atoms with Crippen molar-refractivity contribution in [3.63, 3.8) is 0 Å². The standard InChI is InChI=1S/C20H19F9N2O4.C16H22N2O2.C3H2F6O/c21-18(22,23)13-2-1-11(7-12(13)14(32)33)8-30-9-17(10-30)3-5-31(6-4-17)16(34)35-15(19(24,25)26)20(27,28)29;1-12-2-3-13(8-14(12)15(19)20)9-18-10-16(11-18)4-6-17-7-5-16;4-2(5,6)1(10)3(7,8)9/h1-2,7,15H,3-6,8-10H2,(H,32,33);2-3,8,17H,4-7,9-11H2,1H3,(H,19,20);1,10H. The largest absolute Gasteiger partial charge is 0.478 e. The number of benzene rings is 2. The van der Waals surface area contributed by atoms with Crippen LogP contribution in [0.1, 0.15) is 68.7 Å². The second-order valence-electron chi connectivity index (χ2n) is 16.5. The highest BCUT2D eigenvalue weighted by atomic mass is 19.4. The number of alkyl halides is 15. The number of halogens is 15. The third-order valence-electron chi connectivity index (χ3n) is 11.4. The molecule has 4 aliphatic heterocycles. The van der Waals surface area contributed by atoms with Crippen LogP contribution in [-0.2, 0) is 24.0 Å². The maximum Gasteiger partial charge on any atom is 0.434 e. The molecular formula is C39H43F15N4O7. The van der Waals surface area contributed by atoms with E-state index >= 15 is 0 Å². The molecule has 2 spiro atoms. The fraction of sp³-hybridized carbons (Fsp3) is 0.615. The number of piperidine rings is 2. The van der Waals surface area contributed by atoms with Crippen molar-refractivity contribution in [3.8, 4) is 0 Å². The average Bonchev–Trinajstić information content (AvgIpc) is 3.15. The van der Waals surface area contributed by atoms with Crippen LogP contribution in [0.25, 0.3) is 0 Å². The number of rotatable bonds is 7. The van der Waals surface area contributed by atoms with Crippen LogP contribution < -0.4 is 5.32 Å². The zero-order valence-electron chi connectivity index (χ0n) is 34.0. The van der Waals surface area contributed by atoms with E-state index in [4.69, 9.17) is 10.2 Å². The Morgan fingerprint density at radius 2 is 1.06 bits per heavy atom. The number of ether oxygens (including phenoxy) is 1. The number of aromatic carboxylic acids is 2. The second-order valence-corrected chi connectivity index (χ2v) is 16.5. The smallest absolute Gasteiger partial charge is 0.434 e. The van der Waals surface area contributed by atoms with Gasteiger partial charge in [0.05, 0.1) is 16.7 Å². The Kier molecular flexibility index (Phi) is 16.1. The summed E-state index contributed by atoms with van der Waals surface area (Å²) < 4.78 is 184. The Labute approximate surface area is 360 Å². The van der Waals surface area contributed by atoms with Crippen LogP contribution in [0.2, 0.25) is 0 Å². The minimum Gasteiger partial charge on any atom is -0.478 e. The van der Waals surface area contributed by atoms with Crippen LogP contribution in [0.5, 0.6) is 0 Å². The molecule has 4 fully saturated rings. The third kappa shape index (κ3) is 14.2. The number of likely N-dealkylation sites (tertiary alicyclic amines) is 3. The van der Waals surface area contributed by atoms with Gasteiger partial charge in [0.1, 0.15) is 0 Å². The van der Waals surface area contributed by atoms with Crippen molar-refractivity contribution in [2.24, 2.45) is 10.8 Å². The Morgan fingerprint density at radius 3 is 1.45 bits per heavy atom. The monoisotopic (exact) mass is 964 g/mol. The van der Waals surface area contributed by atoms with Gasteiger partial charge in [0, 0.05) is 52.4 Å². The van der Waals surface area contributed by atoms with E-state index in [9.17, 15) is 85.3 Å². The molecule has 0 aromatic heterocycles. The number of hydrogen-bond acceptors (Lipinski definition) is 8. The number of carbonyl (C=O) groups is 3. The summed E-state index contributed by atoms with van der Waals surface area (Å²) in [6, 6.07) is 8.58. The van der Waals surface area contributed by atoms with Gasteiger partial charge < -0.3 is 30.3 Å². The molecule has 11 nitrogen and oxygen atoms in total. The van der Waals surface area contributed by atoms with Crippen LogP contribution in [0, 0.1) is 17.8 Å². The van der Waals surface area contributed by atoms with Gasteiger partial charge in [-0.3, -0.25) is 9.80 Å². The molecule has 0 radical (unpaired) electrons. The fourth-order valence-electron chi connectivity index (χ4n) is 8.09. The molecule has 4 heterocycles. The number of carbonyl (C=O) groups excluding carboxylic acids is 1. The summed E-state index contributed by atoms with van der Waals surface area (Å²) in [5.41, 5.74) is 0.712. The van der Waals surface area contributed by atoms with E-state index < -0.39 is 72.2 Å². The summed E-state index contributed by atoms with van der Waals surface area (Å²) in [6.07, 6.45) is -34.8. The normalized spacial score (nSPS) is 19.2. The van der Waals surface area contributed by atoms with Crippen LogP contribution in [0.3, 0.4) is 0 Å². The van der Waals surface area contributed by atoms with Crippen molar-refractivity contribution < 1.29 is 100 Å². The van der Waals surface area contributed by atoms with Gasteiger partial charge in [-0.05, 0) is 91.4 Å². The molecular weight excluding hydrogens is 921 g/mol. The lowest BCUT2D eigenvalue weighted by atomic mass is 9.72. The van der Waals surface area contributed by atoms with Gasteiger partial charge in [0.2, 0.25) is 6.10 Å². The molecule has 366 valence electrons. The fourth-order valence-corrected chi connectivity index (χ4v) is 8.09. The molecule has 65 heavy (non-hydrogen) atoms. The number of nitrogens with zero attached hydrogens (tertiary/aromatic N) is 3. The van der Waals surface area contributed by atoms with E-state index in [0.717, 1.165) is 60.9 Å². The van der Waals surface area contributed by atoms with E-state index in [1.54, 1.807) is 0 Å². The topological polar surface area (TPSA) is 143 Å². The number of nitrogens with one attached hydrogen (secondary N) is 1.